The average Bonchev–Trinajstić information content (AvgIpc) is 2.87. The van der Waals surface area contributed by atoms with E-state index in [9.17, 15) is 9.59 Å². The quantitative estimate of drug-likeness (QED) is 0.314. The molecule has 1 aliphatic rings. The molecule has 1 unspecified atom stereocenters. The highest BCUT2D eigenvalue weighted by molar-refractivity contribution is 9.09. The molecule has 0 radical (unpaired) electrons. The first-order valence-electron chi connectivity index (χ1n) is 11.0. The molecule has 3 aromatic rings. The Morgan fingerprint density at radius 1 is 0.735 bits per heavy atom. The van der Waals surface area contributed by atoms with Gasteiger partial charge in [0, 0.05) is 0 Å². The number of carbonyl (C=O) groups is 2. The molecule has 0 saturated carbocycles. The van der Waals surface area contributed by atoms with E-state index in [0.717, 1.165) is 5.56 Å². The Morgan fingerprint density at radius 2 is 1.21 bits per heavy atom. The molecule has 4 rings (SSSR count). The molecule has 0 aromatic heterocycles. The fourth-order valence-electron chi connectivity index (χ4n) is 3.73. The standard InChI is InChI=1S/C27H25BrO6/c1-18-22(33-26(29)20-13-7-3-8-14-20)23(34-27(30)21-15-9-4-10-16-21)24(25(28)32-18)31-17-19-11-5-2-6-12-19/h2-16,18,22-25H,17H2,1H3/t18-,22+,23+,24-,25?/m0/s1. The van der Waals surface area contributed by atoms with Gasteiger partial charge in [0.1, 0.15) is 11.1 Å². The number of halogens is 1. The van der Waals surface area contributed by atoms with Gasteiger partial charge in [-0.25, -0.2) is 9.59 Å². The van der Waals surface area contributed by atoms with Crippen molar-refractivity contribution in [2.75, 3.05) is 0 Å². The third-order valence-electron chi connectivity index (χ3n) is 5.50. The third-order valence-corrected chi connectivity index (χ3v) is 6.24. The van der Waals surface area contributed by atoms with Gasteiger partial charge in [-0.3, -0.25) is 0 Å². The Hall–Kier alpha value is -3.00. The van der Waals surface area contributed by atoms with Crippen LogP contribution in [-0.4, -0.2) is 41.4 Å². The first-order valence-corrected chi connectivity index (χ1v) is 11.9. The van der Waals surface area contributed by atoms with Crippen molar-refractivity contribution in [3.63, 3.8) is 0 Å². The van der Waals surface area contributed by atoms with Gasteiger partial charge in [0.25, 0.3) is 0 Å². The lowest BCUT2D eigenvalue weighted by molar-refractivity contribution is -0.209. The maximum Gasteiger partial charge on any atom is 0.338 e. The molecule has 0 aliphatic carbocycles. The predicted octanol–water partition coefficient (Wildman–Crippen LogP) is 5.16. The van der Waals surface area contributed by atoms with Crippen molar-refractivity contribution in [3.05, 3.63) is 108 Å². The highest BCUT2D eigenvalue weighted by Crippen LogP contribution is 2.32. The van der Waals surface area contributed by atoms with E-state index >= 15 is 0 Å². The molecule has 0 bridgehead atoms. The molecule has 3 aromatic carbocycles. The van der Waals surface area contributed by atoms with Crippen molar-refractivity contribution in [2.24, 2.45) is 0 Å². The number of alkyl halides is 1. The van der Waals surface area contributed by atoms with Crippen molar-refractivity contribution in [2.45, 2.75) is 43.0 Å². The summed E-state index contributed by atoms with van der Waals surface area (Å²) in [7, 11) is 0. The Kier molecular flexibility index (Phi) is 8.11. The van der Waals surface area contributed by atoms with Gasteiger partial charge in [-0.05, 0) is 36.8 Å². The van der Waals surface area contributed by atoms with E-state index in [2.05, 4.69) is 15.9 Å². The number of ether oxygens (including phenoxy) is 4. The zero-order chi connectivity index (χ0) is 23.9. The Labute approximate surface area is 206 Å². The fourth-order valence-corrected chi connectivity index (χ4v) is 4.52. The summed E-state index contributed by atoms with van der Waals surface area (Å²) in [4.78, 5) is 25.8. The minimum absolute atomic E-state index is 0.268. The number of hydrogen-bond donors (Lipinski definition) is 0. The molecule has 0 amide bonds. The minimum Gasteiger partial charge on any atom is -0.452 e. The van der Waals surface area contributed by atoms with Gasteiger partial charge in [0.05, 0.1) is 23.8 Å². The van der Waals surface area contributed by atoms with Gasteiger partial charge in [-0.1, -0.05) is 82.7 Å². The largest absolute Gasteiger partial charge is 0.452 e. The summed E-state index contributed by atoms with van der Waals surface area (Å²) in [5, 5.41) is -0.577. The van der Waals surface area contributed by atoms with Crippen LogP contribution >= 0.6 is 15.9 Å². The average molecular weight is 525 g/mol. The van der Waals surface area contributed by atoms with Crippen LogP contribution in [0.25, 0.3) is 0 Å². The Morgan fingerprint density at radius 3 is 1.74 bits per heavy atom. The van der Waals surface area contributed by atoms with Crippen LogP contribution in [0, 0.1) is 0 Å². The lowest BCUT2D eigenvalue weighted by Crippen LogP contribution is -2.58. The molecule has 6 nitrogen and oxygen atoms in total. The number of rotatable bonds is 7. The molecule has 1 heterocycles. The van der Waals surface area contributed by atoms with Crippen LogP contribution in [0.3, 0.4) is 0 Å². The molecule has 1 saturated heterocycles. The van der Waals surface area contributed by atoms with E-state index in [4.69, 9.17) is 18.9 Å². The second-order valence-electron chi connectivity index (χ2n) is 7.93. The first-order chi connectivity index (χ1) is 16.5. The molecular weight excluding hydrogens is 500 g/mol. The zero-order valence-corrected chi connectivity index (χ0v) is 20.2. The van der Waals surface area contributed by atoms with Gasteiger partial charge in [-0.2, -0.15) is 0 Å². The summed E-state index contributed by atoms with van der Waals surface area (Å²) < 4.78 is 23.9. The van der Waals surface area contributed by atoms with Gasteiger partial charge in [0.2, 0.25) is 0 Å². The Balaban J connectivity index is 1.59. The highest BCUT2D eigenvalue weighted by Gasteiger charge is 2.49. The van der Waals surface area contributed by atoms with E-state index in [0.29, 0.717) is 11.1 Å². The van der Waals surface area contributed by atoms with Gasteiger partial charge >= 0.3 is 11.9 Å². The van der Waals surface area contributed by atoms with Crippen molar-refractivity contribution < 1.29 is 28.5 Å². The number of esters is 2. The van der Waals surface area contributed by atoms with Crippen molar-refractivity contribution in [1.29, 1.82) is 0 Å². The summed E-state index contributed by atoms with van der Waals surface area (Å²) in [5.74, 6) is -1.06. The summed E-state index contributed by atoms with van der Waals surface area (Å²) in [6.07, 6.45) is -3.06. The predicted molar refractivity (Wildman–Crippen MR) is 130 cm³/mol. The van der Waals surface area contributed by atoms with Crippen molar-refractivity contribution in [3.8, 4) is 0 Å². The van der Waals surface area contributed by atoms with Crippen LogP contribution in [0.2, 0.25) is 0 Å². The lowest BCUT2D eigenvalue weighted by Gasteiger charge is -2.42. The molecule has 1 aliphatic heterocycles. The molecule has 5 atom stereocenters. The normalized spacial score (nSPS) is 24.2. The molecule has 7 heteroatoms. The Bertz CT molecular complexity index is 1080. The van der Waals surface area contributed by atoms with E-state index < -0.39 is 41.4 Å². The minimum atomic E-state index is -0.905. The third kappa shape index (κ3) is 5.91. The number of hydrogen-bond acceptors (Lipinski definition) is 6. The van der Waals surface area contributed by atoms with Gasteiger partial charge in [0.15, 0.2) is 12.2 Å². The van der Waals surface area contributed by atoms with Gasteiger partial charge in [-0.15, -0.1) is 0 Å². The molecule has 1 fully saturated rings. The van der Waals surface area contributed by atoms with Crippen LogP contribution in [0.1, 0.15) is 33.2 Å². The number of benzene rings is 3. The van der Waals surface area contributed by atoms with Crippen molar-refractivity contribution >= 4 is 27.9 Å². The molecule has 0 spiro atoms. The second kappa shape index (κ2) is 11.4. The van der Waals surface area contributed by atoms with E-state index in [-0.39, 0.29) is 6.61 Å². The van der Waals surface area contributed by atoms with Crippen LogP contribution in [0.5, 0.6) is 0 Å². The molecule has 34 heavy (non-hydrogen) atoms. The van der Waals surface area contributed by atoms with Crippen LogP contribution in [0.15, 0.2) is 91.0 Å². The topological polar surface area (TPSA) is 71.1 Å². The first kappa shape index (κ1) is 24.1. The monoisotopic (exact) mass is 524 g/mol. The van der Waals surface area contributed by atoms with E-state index in [1.54, 1.807) is 55.5 Å². The maximum absolute atomic E-state index is 13.0. The highest BCUT2D eigenvalue weighted by atomic mass is 79.9. The number of carbonyl (C=O) groups excluding carboxylic acids is 2. The fraction of sp³-hybridized carbons (Fsp3) is 0.259. The summed E-state index contributed by atoms with van der Waals surface area (Å²) in [6, 6.07) is 27.0. The van der Waals surface area contributed by atoms with E-state index in [1.807, 2.05) is 42.5 Å². The van der Waals surface area contributed by atoms with E-state index in [1.165, 1.54) is 0 Å². The molecular formula is C27H25BrO6. The molecule has 0 N–H and O–H groups in total. The van der Waals surface area contributed by atoms with Gasteiger partial charge < -0.3 is 18.9 Å². The second-order valence-corrected chi connectivity index (χ2v) is 8.83. The van der Waals surface area contributed by atoms with Crippen LogP contribution < -0.4 is 0 Å². The SMILES string of the molecule is C[C@@H]1OC(Br)[C@@H](OCc2ccccc2)[C@H](OC(=O)c2ccccc2)[C@@H]1OC(=O)c1ccccc1. The van der Waals surface area contributed by atoms with Crippen LogP contribution in [-0.2, 0) is 25.6 Å². The summed E-state index contributed by atoms with van der Waals surface area (Å²) >= 11 is 3.51. The molecule has 176 valence electrons. The lowest BCUT2D eigenvalue weighted by atomic mass is 9.99. The summed E-state index contributed by atoms with van der Waals surface area (Å²) in [5.41, 5.74) is 1.74. The zero-order valence-electron chi connectivity index (χ0n) is 18.6. The maximum atomic E-state index is 13.0. The van der Waals surface area contributed by atoms with Crippen molar-refractivity contribution in [1.82, 2.24) is 0 Å². The van der Waals surface area contributed by atoms with Crippen LogP contribution in [0.4, 0.5) is 0 Å². The summed E-state index contributed by atoms with van der Waals surface area (Å²) in [6.45, 7) is 2.04. The smallest absolute Gasteiger partial charge is 0.338 e.